The van der Waals surface area contributed by atoms with Crippen LogP contribution in [0.1, 0.15) is 11.1 Å². The molecule has 1 aliphatic rings. The molecule has 0 unspecified atom stereocenters. The van der Waals surface area contributed by atoms with Crippen molar-refractivity contribution in [2.75, 3.05) is 11.5 Å². The molecule has 3 rings (SSSR count). The van der Waals surface area contributed by atoms with Crippen molar-refractivity contribution < 1.29 is 19.1 Å². The van der Waals surface area contributed by atoms with Gasteiger partial charge in [0.15, 0.2) is 0 Å². The number of hydrogen-bond donors (Lipinski definition) is 1. The largest absolute Gasteiger partial charge is 0.488 e. The van der Waals surface area contributed by atoms with E-state index in [1.807, 2.05) is 0 Å². The first kappa shape index (κ1) is 21.0. The molecular weight excluding hydrogens is 504 g/mol. The van der Waals surface area contributed by atoms with E-state index in [1.54, 1.807) is 49.4 Å². The molecule has 1 N–H and O–H groups in total. The van der Waals surface area contributed by atoms with E-state index in [-0.39, 0.29) is 5.57 Å². The van der Waals surface area contributed by atoms with E-state index in [4.69, 9.17) is 4.74 Å². The van der Waals surface area contributed by atoms with Gasteiger partial charge in [-0.25, -0.2) is 9.69 Å². The number of rotatable bonds is 5. The van der Waals surface area contributed by atoms with Crippen molar-refractivity contribution in [3.05, 3.63) is 74.7 Å². The number of urea groups is 1. The number of carbonyl (C=O) groups is 3. The van der Waals surface area contributed by atoms with Crippen molar-refractivity contribution in [1.82, 2.24) is 5.32 Å². The minimum atomic E-state index is -0.781. The topological polar surface area (TPSA) is 75.7 Å². The Kier molecular flexibility index (Phi) is 6.34. The average molecular weight is 520 g/mol. The zero-order valence-corrected chi connectivity index (χ0v) is 18.5. The summed E-state index contributed by atoms with van der Waals surface area (Å²) in [5, 5.41) is 2.22. The number of hydrogen-bond acceptors (Lipinski definition) is 4. The third kappa shape index (κ3) is 4.49. The summed E-state index contributed by atoms with van der Waals surface area (Å²) < 4.78 is 6.98. The molecule has 1 saturated heterocycles. The predicted molar refractivity (Wildman–Crippen MR) is 118 cm³/mol. The monoisotopic (exact) mass is 518 g/mol. The highest BCUT2D eigenvalue weighted by Crippen LogP contribution is 2.29. The van der Waals surface area contributed by atoms with Crippen molar-refractivity contribution in [3.63, 3.8) is 0 Å². The summed E-state index contributed by atoms with van der Waals surface area (Å²) in [7, 11) is 0. The lowest BCUT2D eigenvalue weighted by molar-refractivity contribution is -0.122. The highest BCUT2D eigenvalue weighted by molar-refractivity contribution is 9.10. The van der Waals surface area contributed by atoms with Gasteiger partial charge in [-0.3, -0.25) is 14.9 Å². The number of halogens is 2. The number of anilines is 1. The van der Waals surface area contributed by atoms with Crippen LogP contribution in [0, 0.1) is 6.92 Å². The number of benzene rings is 2. The third-order valence-electron chi connectivity index (χ3n) is 4.13. The van der Waals surface area contributed by atoms with Crippen LogP contribution in [0.25, 0.3) is 6.08 Å². The zero-order valence-electron chi connectivity index (χ0n) is 15.4. The quantitative estimate of drug-likeness (QED) is 0.351. The second-order valence-electron chi connectivity index (χ2n) is 6.18. The second-order valence-corrected chi connectivity index (χ2v) is 7.95. The molecule has 1 aliphatic heterocycles. The Bertz CT molecular complexity index is 1060. The summed E-state index contributed by atoms with van der Waals surface area (Å²) >= 11 is 6.76. The van der Waals surface area contributed by atoms with Gasteiger partial charge in [0.1, 0.15) is 17.9 Å². The van der Waals surface area contributed by atoms with E-state index in [1.165, 1.54) is 6.08 Å². The Morgan fingerprint density at radius 2 is 1.90 bits per heavy atom. The van der Waals surface area contributed by atoms with Crippen LogP contribution in [0.3, 0.4) is 0 Å². The van der Waals surface area contributed by atoms with Crippen LogP contribution in [0.4, 0.5) is 10.5 Å². The maximum Gasteiger partial charge on any atom is 0.335 e. The van der Waals surface area contributed by atoms with Gasteiger partial charge in [0.25, 0.3) is 11.8 Å². The average Bonchev–Trinajstić information content (AvgIpc) is 2.66. The fraction of sp³-hybridized carbons (Fsp3) is 0.0952. The van der Waals surface area contributed by atoms with Gasteiger partial charge in [-0.1, -0.05) is 34.7 Å². The molecule has 0 atom stereocenters. The molecule has 4 amide bonds. The highest BCUT2D eigenvalue weighted by atomic mass is 79.9. The number of nitrogens with zero attached hydrogens (tertiary/aromatic N) is 1. The van der Waals surface area contributed by atoms with Crippen molar-refractivity contribution >= 4 is 61.5 Å². The maximum absolute atomic E-state index is 13.0. The number of ether oxygens (including phenoxy) is 1. The number of imide groups is 2. The van der Waals surface area contributed by atoms with E-state index < -0.39 is 17.8 Å². The van der Waals surface area contributed by atoms with Crippen LogP contribution < -0.4 is 15.0 Å². The van der Waals surface area contributed by atoms with Crippen LogP contribution in [0.15, 0.2) is 63.6 Å². The Labute approximate surface area is 184 Å². The number of nitrogens with one attached hydrogen (secondary N) is 1. The number of amides is 4. The van der Waals surface area contributed by atoms with Crippen molar-refractivity contribution in [2.45, 2.75) is 6.92 Å². The molecule has 1 heterocycles. The summed E-state index contributed by atoms with van der Waals surface area (Å²) in [5.41, 5.74) is 1.58. The molecular formula is C21H16Br2N2O4. The fourth-order valence-corrected chi connectivity index (χ4v) is 3.77. The molecule has 29 heavy (non-hydrogen) atoms. The van der Waals surface area contributed by atoms with E-state index in [0.717, 1.165) is 9.37 Å². The lowest BCUT2D eigenvalue weighted by Gasteiger charge is -2.27. The normalized spacial score (nSPS) is 15.5. The van der Waals surface area contributed by atoms with Gasteiger partial charge >= 0.3 is 6.03 Å². The van der Waals surface area contributed by atoms with E-state index in [2.05, 4.69) is 43.8 Å². The first-order chi connectivity index (χ1) is 13.8. The summed E-state index contributed by atoms with van der Waals surface area (Å²) in [6.07, 6.45) is 3.07. The molecule has 6 nitrogen and oxygen atoms in total. The minimum absolute atomic E-state index is 0.140. The summed E-state index contributed by atoms with van der Waals surface area (Å²) in [6.45, 7) is 5.73. The van der Waals surface area contributed by atoms with Gasteiger partial charge in [-0.05, 0) is 70.4 Å². The Balaban J connectivity index is 1.97. The zero-order chi connectivity index (χ0) is 21.1. The van der Waals surface area contributed by atoms with Gasteiger partial charge in [0.2, 0.25) is 0 Å². The molecule has 0 radical (unpaired) electrons. The lowest BCUT2D eigenvalue weighted by atomic mass is 10.1. The van der Waals surface area contributed by atoms with Gasteiger partial charge in [-0.15, -0.1) is 0 Å². The van der Waals surface area contributed by atoms with Crippen LogP contribution in [-0.2, 0) is 9.59 Å². The van der Waals surface area contributed by atoms with Crippen molar-refractivity contribution in [2.24, 2.45) is 0 Å². The van der Waals surface area contributed by atoms with E-state index in [0.29, 0.717) is 33.6 Å². The number of aryl methyl sites for hydroxylation is 1. The smallest absolute Gasteiger partial charge is 0.335 e. The molecule has 0 aromatic heterocycles. The molecule has 0 saturated carbocycles. The maximum atomic E-state index is 13.0. The Morgan fingerprint density at radius 3 is 2.55 bits per heavy atom. The van der Waals surface area contributed by atoms with Crippen LogP contribution in [0.5, 0.6) is 5.75 Å². The molecule has 8 heteroatoms. The van der Waals surface area contributed by atoms with E-state index in [9.17, 15) is 14.4 Å². The SMILES string of the molecule is C=CCOc1ccc(/C=C2/C(=O)NC(=O)N(c3ccc(Br)cc3C)C2=O)cc1Br. The van der Waals surface area contributed by atoms with Crippen LogP contribution in [-0.4, -0.2) is 24.5 Å². The van der Waals surface area contributed by atoms with E-state index >= 15 is 0 Å². The molecule has 1 fully saturated rings. The molecule has 148 valence electrons. The summed E-state index contributed by atoms with van der Waals surface area (Å²) in [5.74, 6) is -0.824. The number of barbiturate groups is 1. The summed E-state index contributed by atoms with van der Waals surface area (Å²) in [6, 6.07) is 9.52. The first-order valence-corrected chi connectivity index (χ1v) is 10.1. The standard InChI is InChI=1S/C21H16Br2N2O4/c1-3-8-29-18-7-4-13(11-16(18)23)10-15-19(26)24-21(28)25(20(15)27)17-6-5-14(22)9-12(17)2/h3-7,9-11H,1,8H2,2H3,(H,24,26,28)/b15-10-. The predicted octanol–water partition coefficient (Wildman–Crippen LogP) is 4.75. The van der Waals surface area contributed by atoms with Crippen LogP contribution in [0.2, 0.25) is 0 Å². The fourth-order valence-electron chi connectivity index (χ4n) is 2.79. The molecule has 0 spiro atoms. The van der Waals surface area contributed by atoms with Crippen molar-refractivity contribution in [1.29, 1.82) is 0 Å². The Hall–Kier alpha value is -2.71. The lowest BCUT2D eigenvalue weighted by Crippen LogP contribution is -2.54. The van der Waals surface area contributed by atoms with Crippen LogP contribution >= 0.6 is 31.9 Å². The Morgan fingerprint density at radius 1 is 1.14 bits per heavy atom. The molecule has 0 aliphatic carbocycles. The molecule has 2 aromatic carbocycles. The molecule has 0 bridgehead atoms. The van der Waals surface area contributed by atoms with Gasteiger partial charge in [-0.2, -0.15) is 0 Å². The molecule has 2 aromatic rings. The van der Waals surface area contributed by atoms with Gasteiger partial charge < -0.3 is 4.74 Å². The van der Waals surface area contributed by atoms with Crippen molar-refractivity contribution in [3.8, 4) is 5.75 Å². The highest BCUT2D eigenvalue weighted by Gasteiger charge is 2.37. The second kappa shape index (κ2) is 8.75. The third-order valence-corrected chi connectivity index (χ3v) is 5.24. The van der Waals surface area contributed by atoms with Gasteiger partial charge in [0.05, 0.1) is 10.2 Å². The number of carbonyl (C=O) groups excluding carboxylic acids is 3. The summed E-state index contributed by atoms with van der Waals surface area (Å²) in [4.78, 5) is 38.6. The minimum Gasteiger partial charge on any atom is -0.488 e. The van der Waals surface area contributed by atoms with Gasteiger partial charge in [0, 0.05) is 4.47 Å². The first-order valence-electron chi connectivity index (χ1n) is 8.52.